The number of nitrogens with two attached hydrogens (primary N) is 1. The quantitative estimate of drug-likeness (QED) is 0.747. The van der Waals surface area contributed by atoms with Crippen LogP contribution in [0, 0.1) is 0 Å². The molecule has 2 aliphatic rings. The normalized spacial score (nSPS) is 24.2. The molecule has 2 fully saturated rings. The maximum absolute atomic E-state index is 13.0. The lowest BCUT2D eigenvalue weighted by Gasteiger charge is -2.33. The van der Waals surface area contributed by atoms with Gasteiger partial charge in [0.25, 0.3) is 5.91 Å². The second-order valence-corrected chi connectivity index (χ2v) is 6.76. The Morgan fingerprint density at radius 3 is 2.88 bits per heavy atom. The molecule has 1 amide bonds. The highest BCUT2D eigenvalue weighted by atomic mass is 19.1. The van der Waals surface area contributed by atoms with E-state index in [9.17, 15) is 9.18 Å². The number of aliphatic imine (C=N–C) groups is 1. The van der Waals surface area contributed by atoms with Crippen molar-refractivity contribution in [2.45, 2.75) is 24.7 Å². The predicted octanol–water partition coefficient (Wildman–Crippen LogP) is 0.254. The average Bonchev–Trinajstić information content (AvgIpc) is 3.13. The first-order chi connectivity index (χ1) is 12.5. The molecule has 1 aliphatic heterocycles. The van der Waals surface area contributed by atoms with Gasteiger partial charge in [-0.2, -0.15) is 5.10 Å². The molecule has 8 nitrogen and oxygen atoms in total. The third-order valence-corrected chi connectivity index (χ3v) is 4.61. The van der Waals surface area contributed by atoms with Crippen LogP contribution in [0.25, 0.3) is 11.2 Å². The molecule has 0 unspecified atom stereocenters. The zero-order chi connectivity index (χ0) is 18.3. The molecule has 2 atom stereocenters. The van der Waals surface area contributed by atoms with Gasteiger partial charge >= 0.3 is 0 Å². The lowest BCUT2D eigenvalue weighted by Crippen LogP contribution is -2.46. The second kappa shape index (κ2) is 6.49. The third-order valence-electron chi connectivity index (χ3n) is 4.61. The number of fused-ring (bicyclic) bond motifs is 1. The zero-order valence-electron chi connectivity index (χ0n) is 14.3. The Bertz CT molecular complexity index is 900. The molecule has 1 saturated carbocycles. The van der Waals surface area contributed by atoms with Gasteiger partial charge < -0.3 is 16.0 Å². The molecule has 26 heavy (non-hydrogen) atoms. The smallest absolute Gasteiger partial charge is 0.271 e. The van der Waals surface area contributed by atoms with E-state index in [0.717, 1.165) is 24.2 Å². The molecule has 0 bridgehead atoms. The summed E-state index contributed by atoms with van der Waals surface area (Å²) in [5.41, 5.74) is 8.02. The Hall–Kier alpha value is -2.81. The highest BCUT2D eigenvalue weighted by Crippen LogP contribution is 2.25. The first kappa shape index (κ1) is 16.6. The summed E-state index contributed by atoms with van der Waals surface area (Å²) in [7, 11) is 2.05. The van der Waals surface area contributed by atoms with Gasteiger partial charge in [-0.15, -0.1) is 0 Å². The number of carbonyl (C=O) groups excluding carboxylic acids is 1. The fourth-order valence-corrected chi connectivity index (χ4v) is 2.90. The van der Waals surface area contributed by atoms with E-state index >= 15 is 0 Å². The van der Waals surface area contributed by atoms with E-state index in [2.05, 4.69) is 25.3 Å². The van der Waals surface area contributed by atoms with Crippen molar-refractivity contribution in [3.05, 3.63) is 35.9 Å². The summed E-state index contributed by atoms with van der Waals surface area (Å²) in [6.07, 6.45) is 5.67. The van der Waals surface area contributed by atoms with Gasteiger partial charge in [0, 0.05) is 43.1 Å². The summed E-state index contributed by atoms with van der Waals surface area (Å²) in [5, 5.41) is 6.91. The van der Waals surface area contributed by atoms with E-state index in [0.29, 0.717) is 12.1 Å². The second-order valence-electron chi connectivity index (χ2n) is 6.76. The molecule has 0 radical (unpaired) electrons. The van der Waals surface area contributed by atoms with E-state index in [4.69, 9.17) is 5.73 Å². The number of carbonyl (C=O) groups is 1. The van der Waals surface area contributed by atoms with Crippen LogP contribution in [-0.4, -0.2) is 70.0 Å². The van der Waals surface area contributed by atoms with Crippen LogP contribution in [0.5, 0.6) is 0 Å². The largest absolute Gasteiger partial charge is 0.404 e. The highest BCUT2D eigenvalue weighted by molar-refractivity contribution is 6.09. The number of hydrogen-bond acceptors (Lipinski definition) is 6. The van der Waals surface area contributed by atoms with E-state index in [1.165, 1.54) is 16.9 Å². The number of rotatable bonds is 5. The van der Waals surface area contributed by atoms with E-state index < -0.39 is 12.2 Å². The number of aromatic nitrogens is 3. The molecule has 9 heteroatoms. The van der Waals surface area contributed by atoms with Crippen molar-refractivity contribution in [2.75, 3.05) is 20.1 Å². The number of hydrogen-bond donors (Lipinski definition) is 2. The Morgan fingerprint density at radius 1 is 1.46 bits per heavy atom. The number of nitrogens with zero attached hydrogens (tertiary/aromatic N) is 5. The Labute approximate surface area is 149 Å². The molecule has 136 valence electrons. The summed E-state index contributed by atoms with van der Waals surface area (Å²) in [6.45, 7) is 1.87. The molecule has 1 aliphatic carbocycles. The molecule has 3 N–H and O–H groups in total. The Morgan fingerprint density at radius 2 is 2.23 bits per heavy atom. The minimum Gasteiger partial charge on any atom is -0.404 e. The summed E-state index contributed by atoms with van der Waals surface area (Å²) >= 11 is 0. The molecule has 2 aromatic rings. The van der Waals surface area contributed by atoms with Crippen molar-refractivity contribution < 1.29 is 9.18 Å². The average molecular weight is 357 g/mol. The van der Waals surface area contributed by atoms with Crippen LogP contribution in [0.15, 0.2) is 29.7 Å². The van der Waals surface area contributed by atoms with Crippen LogP contribution < -0.4 is 11.1 Å². The fourth-order valence-electron chi connectivity index (χ4n) is 2.90. The van der Waals surface area contributed by atoms with Crippen LogP contribution in [0.2, 0.25) is 0 Å². The van der Waals surface area contributed by atoms with Gasteiger partial charge in [0.2, 0.25) is 0 Å². The molecule has 0 spiro atoms. The van der Waals surface area contributed by atoms with Crippen molar-refractivity contribution >= 4 is 23.3 Å². The van der Waals surface area contributed by atoms with Gasteiger partial charge in [-0.25, -0.2) is 13.9 Å². The minimum atomic E-state index is -0.954. The van der Waals surface area contributed by atoms with Gasteiger partial charge in [-0.3, -0.25) is 9.79 Å². The van der Waals surface area contributed by atoms with Crippen LogP contribution in [0.4, 0.5) is 4.39 Å². The lowest BCUT2D eigenvalue weighted by atomic mass is 10.1. The number of nitrogens with one attached hydrogen (secondary N) is 1. The van der Waals surface area contributed by atoms with Crippen LogP contribution in [-0.2, 0) is 0 Å². The monoisotopic (exact) mass is 357 g/mol. The molecular weight excluding hydrogens is 337 g/mol. The molecule has 3 heterocycles. The maximum atomic E-state index is 13.0. The topological polar surface area (TPSA) is 101 Å². The van der Waals surface area contributed by atoms with E-state index in [1.807, 2.05) is 7.05 Å². The van der Waals surface area contributed by atoms with E-state index in [1.54, 1.807) is 18.5 Å². The number of halogens is 1. The number of imidazole rings is 1. The summed E-state index contributed by atoms with van der Waals surface area (Å²) in [6, 6.07) is 1.67. The zero-order valence-corrected chi connectivity index (χ0v) is 14.3. The van der Waals surface area contributed by atoms with Crippen LogP contribution >= 0.6 is 0 Å². The number of alkyl halides is 1. The van der Waals surface area contributed by atoms with Gasteiger partial charge in [0.05, 0.1) is 24.5 Å². The Kier molecular flexibility index (Phi) is 4.15. The highest BCUT2D eigenvalue weighted by Gasteiger charge is 2.39. The number of likely N-dealkylation sites (tertiary alicyclic amines) is 1. The number of allylic oxidation sites excluding steroid dienone is 1. The van der Waals surface area contributed by atoms with Gasteiger partial charge in [0.15, 0.2) is 5.65 Å². The first-order valence-corrected chi connectivity index (χ1v) is 8.48. The summed E-state index contributed by atoms with van der Waals surface area (Å²) in [5.74, 6) is -0.381. The summed E-state index contributed by atoms with van der Waals surface area (Å²) in [4.78, 5) is 23.1. The van der Waals surface area contributed by atoms with Crippen molar-refractivity contribution in [1.82, 2.24) is 24.8 Å². The van der Waals surface area contributed by atoms with Gasteiger partial charge in [0.1, 0.15) is 11.9 Å². The number of likely N-dealkylation sites (N-methyl/N-ethyl adjacent to an activating group) is 1. The molecular formula is C17H20FN7O. The summed E-state index contributed by atoms with van der Waals surface area (Å²) < 4.78 is 14.4. The minimum absolute atomic E-state index is 0.273. The van der Waals surface area contributed by atoms with Crippen LogP contribution in [0.1, 0.15) is 22.5 Å². The van der Waals surface area contributed by atoms with E-state index in [-0.39, 0.29) is 17.6 Å². The molecule has 2 aromatic heterocycles. The lowest BCUT2D eigenvalue weighted by molar-refractivity contribution is 0.0940. The Balaban J connectivity index is 1.53. The molecule has 1 saturated heterocycles. The standard InChI is InChI=1S/C17H20FN7O/c1-24-8-12(9-24)20-5-11(4-19)10-2-16-21-7-15(25(16)22-6-10)17(26)23-14-3-13(14)18/h2,4-7,12-14H,3,8-9,19H2,1H3,(H,23,26)/b11-4+,20-5?/t13-,14+/m0/s1. The fraction of sp³-hybridized carbons (Fsp3) is 0.412. The third kappa shape index (κ3) is 3.17. The van der Waals surface area contributed by atoms with Crippen molar-refractivity contribution in [3.63, 3.8) is 0 Å². The van der Waals surface area contributed by atoms with Gasteiger partial charge in [-0.05, 0) is 13.1 Å². The van der Waals surface area contributed by atoms with Gasteiger partial charge in [-0.1, -0.05) is 0 Å². The van der Waals surface area contributed by atoms with Crippen molar-refractivity contribution in [1.29, 1.82) is 0 Å². The van der Waals surface area contributed by atoms with Crippen molar-refractivity contribution in [2.24, 2.45) is 10.7 Å². The maximum Gasteiger partial charge on any atom is 0.271 e. The predicted molar refractivity (Wildman–Crippen MR) is 95.7 cm³/mol. The molecule has 0 aromatic carbocycles. The molecule has 4 rings (SSSR count). The SMILES string of the molecule is CN1CC(N=C/C(=C\N)c2cnn3c(C(=O)N[C@@H]4C[C@@H]4F)cnc3c2)C1. The van der Waals surface area contributed by atoms with Crippen molar-refractivity contribution in [3.8, 4) is 0 Å². The first-order valence-electron chi connectivity index (χ1n) is 8.48. The number of amides is 1. The van der Waals surface area contributed by atoms with Crippen LogP contribution in [0.3, 0.4) is 0 Å².